The Hall–Kier alpha value is -1.71. The number of nitrogen functional groups attached to an aromatic ring is 2. The summed E-state index contributed by atoms with van der Waals surface area (Å²) in [4.78, 5) is 0. The smallest absolute Gasteiger partial charge is 0.0881 e. The molecule has 4 heteroatoms. The highest BCUT2D eigenvalue weighted by Gasteiger charge is 1.99. The van der Waals surface area contributed by atoms with E-state index in [0.717, 1.165) is 10.9 Å². The third kappa shape index (κ3) is 0.797. The standard InChI is InChI=1S/C7H8N4/c8-5-1-4-3-10-11-7(4)6(9)2-5/h1-3H,8-9H2,(H,10,11). The summed E-state index contributed by atoms with van der Waals surface area (Å²) in [6, 6.07) is 3.54. The van der Waals surface area contributed by atoms with Crippen LogP contribution in [0.2, 0.25) is 0 Å². The number of nitrogens with one attached hydrogen (secondary N) is 1. The SMILES string of the molecule is Nc1cc(N)c2[nH]ncc2c1. The van der Waals surface area contributed by atoms with Crippen molar-refractivity contribution in [1.29, 1.82) is 0 Å². The molecule has 0 unspecified atom stereocenters. The van der Waals surface area contributed by atoms with E-state index in [-0.39, 0.29) is 0 Å². The second-order valence-electron chi connectivity index (χ2n) is 2.44. The molecule has 5 N–H and O–H groups in total. The molecule has 1 heterocycles. The van der Waals surface area contributed by atoms with Gasteiger partial charge in [0.15, 0.2) is 0 Å². The topological polar surface area (TPSA) is 80.7 Å². The number of H-pyrrole nitrogens is 1. The van der Waals surface area contributed by atoms with Gasteiger partial charge in [-0.25, -0.2) is 0 Å². The molecule has 4 nitrogen and oxygen atoms in total. The predicted octanol–water partition coefficient (Wildman–Crippen LogP) is 0.727. The lowest BCUT2D eigenvalue weighted by atomic mass is 10.2. The van der Waals surface area contributed by atoms with Gasteiger partial charge in [0.2, 0.25) is 0 Å². The molecule has 0 bridgehead atoms. The minimum atomic E-state index is 0.637. The molecule has 0 atom stereocenters. The van der Waals surface area contributed by atoms with Crippen LogP contribution >= 0.6 is 0 Å². The number of hydrogen-bond acceptors (Lipinski definition) is 3. The summed E-state index contributed by atoms with van der Waals surface area (Å²) in [5.74, 6) is 0. The third-order valence-electron chi connectivity index (χ3n) is 1.60. The van der Waals surface area contributed by atoms with E-state index in [2.05, 4.69) is 10.2 Å². The van der Waals surface area contributed by atoms with Crippen molar-refractivity contribution in [2.75, 3.05) is 11.5 Å². The van der Waals surface area contributed by atoms with Gasteiger partial charge in [0, 0.05) is 11.1 Å². The maximum Gasteiger partial charge on any atom is 0.0881 e. The molecule has 0 fully saturated rings. The fraction of sp³-hybridized carbons (Fsp3) is 0. The van der Waals surface area contributed by atoms with Crippen LogP contribution in [-0.4, -0.2) is 10.2 Å². The molecule has 0 amide bonds. The summed E-state index contributed by atoms with van der Waals surface area (Å²) in [6.45, 7) is 0. The normalized spacial score (nSPS) is 10.5. The van der Waals surface area contributed by atoms with Crippen molar-refractivity contribution in [3.05, 3.63) is 18.3 Å². The number of aromatic nitrogens is 2. The number of benzene rings is 1. The Labute approximate surface area is 63.2 Å². The first-order valence-corrected chi connectivity index (χ1v) is 3.25. The molecule has 0 aliphatic rings. The summed E-state index contributed by atoms with van der Waals surface area (Å²) < 4.78 is 0. The van der Waals surface area contributed by atoms with Crippen molar-refractivity contribution < 1.29 is 0 Å². The van der Waals surface area contributed by atoms with Crippen LogP contribution in [0.15, 0.2) is 18.3 Å². The van der Waals surface area contributed by atoms with E-state index < -0.39 is 0 Å². The molecule has 1 aromatic carbocycles. The molecular formula is C7H8N4. The Balaban J connectivity index is 2.91. The van der Waals surface area contributed by atoms with E-state index in [1.807, 2.05) is 6.07 Å². The molecule has 0 saturated heterocycles. The van der Waals surface area contributed by atoms with Gasteiger partial charge in [0.05, 0.1) is 17.4 Å². The molecular weight excluding hydrogens is 140 g/mol. The molecule has 2 rings (SSSR count). The van der Waals surface area contributed by atoms with Gasteiger partial charge in [-0.3, -0.25) is 5.10 Å². The molecule has 0 aliphatic heterocycles. The monoisotopic (exact) mass is 148 g/mol. The highest BCUT2D eigenvalue weighted by Crippen LogP contribution is 2.21. The van der Waals surface area contributed by atoms with Gasteiger partial charge in [-0.2, -0.15) is 5.10 Å². The van der Waals surface area contributed by atoms with Gasteiger partial charge < -0.3 is 11.5 Å². The van der Waals surface area contributed by atoms with Gasteiger partial charge in [-0.1, -0.05) is 0 Å². The average molecular weight is 148 g/mol. The molecule has 0 radical (unpaired) electrons. The summed E-state index contributed by atoms with van der Waals surface area (Å²) >= 11 is 0. The first-order valence-electron chi connectivity index (χ1n) is 3.25. The van der Waals surface area contributed by atoms with Crippen LogP contribution in [0.3, 0.4) is 0 Å². The largest absolute Gasteiger partial charge is 0.399 e. The predicted molar refractivity (Wildman–Crippen MR) is 44.9 cm³/mol. The number of nitrogens with two attached hydrogens (primary N) is 2. The van der Waals surface area contributed by atoms with Crippen molar-refractivity contribution >= 4 is 22.3 Å². The summed E-state index contributed by atoms with van der Waals surface area (Å²) in [5, 5.41) is 7.57. The lowest BCUT2D eigenvalue weighted by Crippen LogP contribution is -1.90. The van der Waals surface area contributed by atoms with Crippen LogP contribution in [0.25, 0.3) is 10.9 Å². The van der Waals surface area contributed by atoms with Crippen LogP contribution in [0, 0.1) is 0 Å². The molecule has 1 aromatic heterocycles. The van der Waals surface area contributed by atoms with E-state index in [0.29, 0.717) is 11.4 Å². The Bertz CT molecular complexity index is 390. The summed E-state index contributed by atoms with van der Waals surface area (Å²) in [5.41, 5.74) is 13.4. The van der Waals surface area contributed by atoms with E-state index in [1.54, 1.807) is 12.3 Å². The summed E-state index contributed by atoms with van der Waals surface area (Å²) in [6.07, 6.45) is 1.70. The Kier molecular flexibility index (Phi) is 1.03. The summed E-state index contributed by atoms with van der Waals surface area (Å²) in [7, 11) is 0. The number of rotatable bonds is 0. The zero-order chi connectivity index (χ0) is 7.84. The molecule has 0 spiro atoms. The van der Waals surface area contributed by atoms with E-state index in [9.17, 15) is 0 Å². The minimum Gasteiger partial charge on any atom is -0.399 e. The number of anilines is 2. The van der Waals surface area contributed by atoms with E-state index in [4.69, 9.17) is 11.5 Å². The number of nitrogens with zero attached hydrogens (tertiary/aromatic N) is 1. The fourth-order valence-electron chi connectivity index (χ4n) is 1.11. The minimum absolute atomic E-state index is 0.637. The van der Waals surface area contributed by atoms with Crippen LogP contribution in [0.5, 0.6) is 0 Å². The van der Waals surface area contributed by atoms with Crippen molar-refractivity contribution in [3.63, 3.8) is 0 Å². The number of aromatic amines is 1. The lowest BCUT2D eigenvalue weighted by Gasteiger charge is -1.96. The Morgan fingerprint density at radius 3 is 2.91 bits per heavy atom. The Morgan fingerprint density at radius 1 is 1.27 bits per heavy atom. The van der Waals surface area contributed by atoms with Gasteiger partial charge in [0.25, 0.3) is 0 Å². The highest BCUT2D eigenvalue weighted by molar-refractivity contribution is 5.91. The number of fused-ring (bicyclic) bond motifs is 1. The van der Waals surface area contributed by atoms with Crippen LogP contribution < -0.4 is 11.5 Å². The van der Waals surface area contributed by atoms with Gasteiger partial charge in [-0.05, 0) is 12.1 Å². The van der Waals surface area contributed by atoms with Gasteiger partial charge in [0.1, 0.15) is 0 Å². The second-order valence-corrected chi connectivity index (χ2v) is 2.44. The molecule has 0 saturated carbocycles. The quantitative estimate of drug-likeness (QED) is 0.482. The van der Waals surface area contributed by atoms with E-state index >= 15 is 0 Å². The van der Waals surface area contributed by atoms with E-state index in [1.165, 1.54) is 0 Å². The zero-order valence-corrected chi connectivity index (χ0v) is 5.83. The highest BCUT2D eigenvalue weighted by atomic mass is 15.1. The lowest BCUT2D eigenvalue weighted by molar-refractivity contribution is 1.12. The molecule has 56 valence electrons. The average Bonchev–Trinajstić information content (AvgIpc) is 2.34. The van der Waals surface area contributed by atoms with Gasteiger partial charge >= 0.3 is 0 Å². The van der Waals surface area contributed by atoms with Crippen LogP contribution in [-0.2, 0) is 0 Å². The Morgan fingerprint density at radius 2 is 2.09 bits per heavy atom. The van der Waals surface area contributed by atoms with Crippen molar-refractivity contribution in [2.45, 2.75) is 0 Å². The van der Waals surface area contributed by atoms with Gasteiger partial charge in [-0.15, -0.1) is 0 Å². The molecule has 11 heavy (non-hydrogen) atoms. The van der Waals surface area contributed by atoms with Crippen LogP contribution in [0.1, 0.15) is 0 Å². The first-order chi connectivity index (χ1) is 5.27. The third-order valence-corrected chi connectivity index (χ3v) is 1.60. The first kappa shape index (κ1) is 6.03. The van der Waals surface area contributed by atoms with Crippen molar-refractivity contribution in [1.82, 2.24) is 10.2 Å². The molecule has 0 aliphatic carbocycles. The number of hydrogen-bond donors (Lipinski definition) is 3. The maximum atomic E-state index is 5.65. The maximum absolute atomic E-state index is 5.65. The second kappa shape index (κ2) is 1.88. The van der Waals surface area contributed by atoms with Crippen LogP contribution in [0.4, 0.5) is 11.4 Å². The molecule has 2 aromatic rings. The fourth-order valence-corrected chi connectivity index (χ4v) is 1.11. The van der Waals surface area contributed by atoms with Crippen molar-refractivity contribution in [3.8, 4) is 0 Å². The zero-order valence-electron chi connectivity index (χ0n) is 5.83. The van der Waals surface area contributed by atoms with Crippen molar-refractivity contribution in [2.24, 2.45) is 0 Å².